The largest absolute Gasteiger partial charge is 0.381 e. The Kier molecular flexibility index (Phi) is 3.62. The molecule has 0 spiro atoms. The van der Waals surface area contributed by atoms with Crippen molar-refractivity contribution in [2.24, 2.45) is 5.73 Å². The van der Waals surface area contributed by atoms with Gasteiger partial charge in [0.2, 0.25) is 0 Å². The van der Waals surface area contributed by atoms with E-state index in [1.807, 2.05) is 0 Å². The molecule has 1 atom stereocenters. The van der Waals surface area contributed by atoms with E-state index >= 15 is 0 Å². The van der Waals surface area contributed by atoms with Crippen LogP contribution in [0, 0.1) is 0 Å². The monoisotopic (exact) mass is 219 g/mol. The highest BCUT2D eigenvalue weighted by atomic mass is 16.5. The highest BCUT2D eigenvalue weighted by Gasteiger charge is 2.38. The first-order chi connectivity index (χ1) is 7.79. The fourth-order valence-electron chi connectivity index (χ4n) is 2.77. The average Bonchev–Trinajstić information content (AvgIpc) is 2.39. The Morgan fingerprint density at radius 2 is 1.88 bits per heavy atom. The van der Waals surface area contributed by atoms with Gasteiger partial charge in [0.25, 0.3) is 0 Å². The van der Waals surface area contributed by atoms with Crippen LogP contribution in [0.4, 0.5) is 0 Å². The van der Waals surface area contributed by atoms with Crippen LogP contribution in [0.2, 0.25) is 0 Å². The van der Waals surface area contributed by atoms with Gasteiger partial charge >= 0.3 is 0 Å². The molecule has 0 aromatic heterocycles. The van der Waals surface area contributed by atoms with Crippen molar-refractivity contribution in [2.75, 3.05) is 13.2 Å². The summed E-state index contributed by atoms with van der Waals surface area (Å²) in [6, 6.07) is 10.9. The molecule has 88 valence electrons. The molecule has 1 saturated heterocycles. The van der Waals surface area contributed by atoms with Crippen LogP contribution in [0.15, 0.2) is 30.3 Å². The molecule has 2 heteroatoms. The first kappa shape index (κ1) is 11.6. The zero-order chi connectivity index (χ0) is 11.4. The topological polar surface area (TPSA) is 35.2 Å². The summed E-state index contributed by atoms with van der Waals surface area (Å²) in [5.74, 6) is 0. The van der Waals surface area contributed by atoms with Gasteiger partial charge in [0.05, 0.1) is 0 Å². The molecule has 0 aliphatic carbocycles. The lowest BCUT2D eigenvalue weighted by molar-refractivity contribution is 0.0395. The van der Waals surface area contributed by atoms with Crippen LogP contribution in [-0.4, -0.2) is 19.3 Å². The Morgan fingerprint density at radius 3 is 2.44 bits per heavy atom. The number of benzene rings is 1. The standard InChI is InChI=1S/C14H21NO/c1-2-13(15)14(8-10-16-11-9-14)12-6-4-3-5-7-12/h3-7,13H,2,8-11,15H2,1H3/t13-/m1/s1. The van der Waals surface area contributed by atoms with Crippen molar-refractivity contribution in [3.63, 3.8) is 0 Å². The molecule has 0 amide bonds. The summed E-state index contributed by atoms with van der Waals surface area (Å²) in [4.78, 5) is 0. The quantitative estimate of drug-likeness (QED) is 0.847. The Bertz CT molecular complexity index is 317. The summed E-state index contributed by atoms with van der Waals surface area (Å²) in [5, 5.41) is 0. The van der Waals surface area contributed by atoms with Gasteiger partial charge in [0.1, 0.15) is 0 Å². The van der Waals surface area contributed by atoms with Crippen LogP contribution < -0.4 is 5.73 Å². The summed E-state index contributed by atoms with van der Waals surface area (Å²) in [6.45, 7) is 3.84. The van der Waals surface area contributed by atoms with Crippen molar-refractivity contribution in [3.05, 3.63) is 35.9 Å². The number of rotatable bonds is 3. The van der Waals surface area contributed by atoms with E-state index in [0.717, 1.165) is 32.5 Å². The van der Waals surface area contributed by atoms with Crippen LogP contribution in [0.5, 0.6) is 0 Å². The van der Waals surface area contributed by atoms with Crippen LogP contribution in [0.3, 0.4) is 0 Å². The van der Waals surface area contributed by atoms with Gasteiger partial charge in [-0.1, -0.05) is 37.3 Å². The minimum absolute atomic E-state index is 0.133. The van der Waals surface area contributed by atoms with E-state index < -0.39 is 0 Å². The molecule has 16 heavy (non-hydrogen) atoms. The van der Waals surface area contributed by atoms with E-state index in [1.54, 1.807) is 0 Å². The van der Waals surface area contributed by atoms with Crippen molar-refractivity contribution in [1.82, 2.24) is 0 Å². The maximum absolute atomic E-state index is 6.36. The van der Waals surface area contributed by atoms with Gasteiger partial charge in [-0.2, -0.15) is 0 Å². The molecule has 0 unspecified atom stereocenters. The zero-order valence-corrected chi connectivity index (χ0v) is 9.99. The molecule has 0 radical (unpaired) electrons. The van der Waals surface area contributed by atoms with Gasteiger partial charge in [-0.05, 0) is 24.8 Å². The van der Waals surface area contributed by atoms with E-state index in [4.69, 9.17) is 10.5 Å². The van der Waals surface area contributed by atoms with E-state index in [1.165, 1.54) is 5.56 Å². The smallest absolute Gasteiger partial charge is 0.0475 e. The lowest BCUT2D eigenvalue weighted by Gasteiger charge is -2.42. The second kappa shape index (κ2) is 4.98. The van der Waals surface area contributed by atoms with Crippen molar-refractivity contribution < 1.29 is 4.74 Å². The summed E-state index contributed by atoms with van der Waals surface area (Å²) < 4.78 is 5.49. The first-order valence-electron chi connectivity index (χ1n) is 6.18. The minimum Gasteiger partial charge on any atom is -0.381 e. The van der Waals surface area contributed by atoms with Gasteiger partial charge in [0.15, 0.2) is 0 Å². The number of hydrogen-bond acceptors (Lipinski definition) is 2. The molecule has 0 saturated carbocycles. The van der Waals surface area contributed by atoms with E-state index in [0.29, 0.717) is 0 Å². The summed E-state index contributed by atoms with van der Waals surface area (Å²) in [7, 11) is 0. The van der Waals surface area contributed by atoms with E-state index in [9.17, 15) is 0 Å². The molecular formula is C14H21NO. The Morgan fingerprint density at radius 1 is 1.25 bits per heavy atom. The van der Waals surface area contributed by atoms with Crippen molar-refractivity contribution in [2.45, 2.75) is 37.6 Å². The number of nitrogens with two attached hydrogens (primary N) is 1. The van der Waals surface area contributed by atoms with Crippen molar-refractivity contribution in [1.29, 1.82) is 0 Å². The third kappa shape index (κ3) is 2.00. The van der Waals surface area contributed by atoms with E-state index in [2.05, 4.69) is 37.3 Å². The lowest BCUT2D eigenvalue weighted by atomic mass is 9.68. The van der Waals surface area contributed by atoms with Crippen LogP contribution in [0.1, 0.15) is 31.7 Å². The number of hydrogen-bond donors (Lipinski definition) is 1. The van der Waals surface area contributed by atoms with Gasteiger partial charge in [-0.3, -0.25) is 0 Å². The second-order valence-electron chi connectivity index (χ2n) is 4.65. The van der Waals surface area contributed by atoms with Gasteiger partial charge in [0, 0.05) is 24.7 Å². The van der Waals surface area contributed by atoms with E-state index in [-0.39, 0.29) is 11.5 Å². The molecule has 2 nitrogen and oxygen atoms in total. The summed E-state index contributed by atoms with van der Waals surface area (Å²) in [5.41, 5.74) is 7.87. The lowest BCUT2D eigenvalue weighted by Crippen LogP contribution is -2.48. The second-order valence-corrected chi connectivity index (χ2v) is 4.65. The normalized spacial score (nSPS) is 21.6. The first-order valence-corrected chi connectivity index (χ1v) is 6.18. The maximum atomic E-state index is 6.36. The van der Waals surface area contributed by atoms with Gasteiger partial charge in [-0.15, -0.1) is 0 Å². The zero-order valence-electron chi connectivity index (χ0n) is 9.99. The van der Waals surface area contributed by atoms with Crippen LogP contribution in [-0.2, 0) is 10.2 Å². The molecule has 2 N–H and O–H groups in total. The Hall–Kier alpha value is -0.860. The van der Waals surface area contributed by atoms with Crippen molar-refractivity contribution >= 4 is 0 Å². The molecule has 1 aromatic carbocycles. The third-order valence-corrected chi connectivity index (χ3v) is 3.88. The molecule has 0 bridgehead atoms. The summed E-state index contributed by atoms with van der Waals surface area (Å²) in [6.07, 6.45) is 3.12. The molecule has 1 fully saturated rings. The minimum atomic E-state index is 0.133. The van der Waals surface area contributed by atoms with Gasteiger partial charge in [-0.25, -0.2) is 0 Å². The predicted molar refractivity (Wildman–Crippen MR) is 66.4 cm³/mol. The highest BCUT2D eigenvalue weighted by molar-refractivity contribution is 5.28. The Balaban J connectivity index is 2.34. The molecule has 1 aliphatic heterocycles. The molecule has 1 aromatic rings. The van der Waals surface area contributed by atoms with Gasteiger partial charge < -0.3 is 10.5 Å². The molecule has 2 rings (SSSR count). The summed E-state index contributed by atoms with van der Waals surface area (Å²) >= 11 is 0. The maximum Gasteiger partial charge on any atom is 0.0475 e. The predicted octanol–water partition coefficient (Wildman–Crippen LogP) is 2.47. The fraction of sp³-hybridized carbons (Fsp3) is 0.571. The highest BCUT2D eigenvalue weighted by Crippen LogP contribution is 2.38. The van der Waals surface area contributed by atoms with Crippen LogP contribution >= 0.6 is 0 Å². The SMILES string of the molecule is CC[C@@H](N)C1(c2ccccc2)CCOCC1. The van der Waals surface area contributed by atoms with Crippen molar-refractivity contribution in [3.8, 4) is 0 Å². The van der Waals surface area contributed by atoms with Crippen LogP contribution in [0.25, 0.3) is 0 Å². The average molecular weight is 219 g/mol. The molecule has 1 aliphatic rings. The third-order valence-electron chi connectivity index (χ3n) is 3.88. The fourth-order valence-corrected chi connectivity index (χ4v) is 2.77. The Labute approximate surface area is 97.8 Å². The number of ether oxygens (including phenoxy) is 1. The molecule has 1 heterocycles. The molecular weight excluding hydrogens is 198 g/mol.